The maximum Gasteiger partial charge on any atom is 0.195 e. The fourth-order valence-electron chi connectivity index (χ4n) is 0.788. The Morgan fingerprint density at radius 2 is 2.55 bits per heavy atom. The van der Waals surface area contributed by atoms with Crippen LogP contribution in [0.15, 0.2) is 18.5 Å². The number of aromatic amines is 1. The maximum absolute atomic E-state index is 3.99. The zero-order chi connectivity index (χ0) is 7.52. The van der Waals surface area contributed by atoms with E-state index < -0.39 is 0 Å². The monoisotopic (exact) mass is 150 g/mol. The summed E-state index contributed by atoms with van der Waals surface area (Å²) in [6, 6.07) is 1.85. The van der Waals surface area contributed by atoms with E-state index in [2.05, 4.69) is 25.7 Å². The summed E-state index contributed by atoms with van der Waals surface area (Å²) < 4.78 is 1.73. The summed E-state index contributed by atoms with van der Waals surface area (Å²) in [4.78, 5) is 0. The number of rotatable bonds is 2. The third kappa shape index (κ3) is 1.23. The average Bonchev–Trinajstić information content (AvgIpc) is 2.60. The first-order valence-corrected chi connectivity index (χ1v) is 3.15. The van der Waals surface area contributed by atoms with Crippen LogP contribution in [0.4, 0.5) is 0 Å². The molecule has 0 aliphatic rings. The van der Waals surface area contributed by atoms with Crippen LogP contribution in [0, 0.1) is 0 Å². The van der Waals surface area contributed by atoms with Crippen molar-refractivity contribution in [3.8, 4) is 0 Å². The number of hydrogen-bond acceptors (Lipinski definition) is 4. The maximum atomic E-state index is 3.99. The Bertz CT molecular complexity index is 263. The van der Waals surface area contributed by atoms with Crippen LogP contribution >= 0.6 is 0 Å². The molecule has 2 aromatic rings. The molecule has 11 heavy (non-hydrogen) atoms. The fourth-order valence-corrected chi connectivity index (χ4v) is 0.788. The molecule has 1 N–H and O–H groups in total. The van der Waals surface area contributed by atoms with Crippen molar-refractivity contribution in [3.63, 3.8) is 0 Å². The van der Waals surface area contributed by atoms with Crippen LogP contribution in [0.2, 0.25) is 0 Å². The third-order valence-electron chi connectivity index (χ3n) is 1.25. The third-order valence-corrected chi connectivity index (χ3v) is 1.25. The van der Waals surface area contributed by atoms with E-state index in [1.165, 1.54) is 0 Å². The summed E-state index contributed by atoms with van der Waals surface area (Å²) in [6.07, 6.45) is 3.55. The smallest absolute Gasteiger partial charge is 0.195 e. The van der Waals surface area contributed by atoms with Gasteiger partial charge in [0.15, 0.2) is 5.82 Å². The van der Waals surface area contributed by atoms with Crippen LogP contribution < -0.4 is 0 Å². The molecule has 0 spiro atoms. The van der Waals surface area contributed by atoms with Crippen LogP contribution in [-0.2, 0) is 6.54 Å². The quantitative estimate of drug-likeness (QED) is 0.623. The minimum absolute atomic E-state index is 0.559. The van der Waals surface area contributed by atoms with Gasteiger partial charge in [-0.2, -0.15) is 10.3 Å². The second-order valence-corrected chi connectivity index (χ2v) is 2.03. The Hall–Kier alpha value is -1.72. The van der Waals surface area contributed by atoms with Gasteiger partial charge >= 0.3 is 0 Å². The lowest BCUT2D eigenvalue weighted by molar-refractivity contribution is 0.656. The molecule has 6 heteroatoms. The molecule has 0 atom stereocenters. The molecule has 0 fully saturated rings. The molecule has 0 bridgehead atoms. The fraction of sp³-hybridized carbons (Fsp3) is 0.200. The topological polar surface area (TPSA) is 72.3 Å². The van der Waals surface area contributed by atoms with E-state index in [-0.39, 0.29) is 0 Å². The van der Waals surface area contributed by atoms with E-state index in [0.717, 1.165) is 0 Å². The standard InChI is InChI=1S/C5H6N6/c1-2-6-11(3-1)4-5-7-9-10-8-5/h1-3H,4H2,(H,7,8,9,10). The minimum Gasteiger partial charge on any atom is -0.265 e. The van der Waals surface area contributed by atoms with Gasteiger partial charge in [-0.15, -0.1) is 10.2 Å². The Labute approximate surface area is 62.2 Å². The molecule has 56 valence electrons. The first-order valence-electron chi connectivity index (χ1n) is 3.15. The van der Waals surface area contributed by atoms with Gasteiger partial charge in [0.25, 0.3) is 0 Å². The molecule has 0 unspecified atom stereocenters. The number of hydrogen-bond donors (Lipinski definition) is 1. The Morgan fingerprint density at radius 1 is 1.55 bits per heavy atom. The van der Waals surface area contributed by atoms with Crippen molar-refractivity contribution in [3.05, 3.63) is 24.3 Å². The van der Waals surface area contributed by atoms with Crippen molar-refractivity contribution < 1.29 is 0 Å². The first-order chi connectivity index (χ1) is 5.45. The SMILES string of the molecule is c1cnn(Cc2nn[nH]n2)c1. The van der Waals surface area contributed by atoms with Gasteiger partial charge in [0.2, 0.25) is 0 Å². The summed E-state index contributed by atoms with van der Waals surface area (Å²) in [5.74, 6) is 0.633. The number of H-pyrrole nitrogens is 1. The largest absolute Gasteiger partial charge is 0.265 e. The number of aromatic nitrogens is 6. The van der Waals surface area contributed by atoms with Gasteiger partial charge in [-0.1, -0.05) is 5.21 Å². The molecule has 6 nitrogen and oxygen atoms in total. The molecule has 0 saturated heterocycles. The van der Waals surface area contributed by atoms with Gasteiger partial charge in [-0.3, -0.25) is 4.68 Å². The average molecular weight is 150 g/mol. The van der Waals surface area contributed by atoms with E-state index >= 15 is 0 Å². The Kier molecular flexibility index (Phi) is 1.36. The minimum atomic E-state index is 0.559. The van der Waals surface area contributed by atoms with E-state index in [1.807, 2.05) is 12.3 Å². The summed E-state index contributed by atoms with van der Waals surface area (Å²) >= 11 is 0. The van der Waals surface area contributed by atoms with Crippen LogP contribution in [0.25, 0.3) is 0 Å². The highest BCUT2D eigenvalue weighted by Gasteiger charge is 1.97. The summed E-state index contributed by atoms with van der Waals surface area (Å²) in [7, 11) is 0. The Balaban J connectivity index is 2.14. The molecule has 0 radical (unpaired) electrons. The van der Waals surface area contributed by atoms with Crippen molar-refractivity contribution in [1.82, 2.24) is 30.4 Å². The van der Waals surface area contributed by atoms with Crippen molar-refractivity contribution in [2.75, 3.05) is 0 Å². The second kappa shape index (κ2) is 2.49. The molecule has 2 aromatic heterocycles. The van der Waals surface area contributed by atoms with E-state index in [4.69, 9.17) is 0 Å². The summed E-state index contributed by atoms with van der Waals surface area (Å²) in [5, 5.41) is 17.3. The summed E-state index contributed by atoms with van der Waals surface area (Å²) in [6.45, 7) is 0.559. The molecular formula is C5H6N6. The molecular weight excluding hydrogens is 144 g/mol. The zero-order valence-electron chi connectivity index (χ0n) is 5.68. The summed E-state index contributed by atoms with van der Waals surface area (Å²) in [5.41, 5.74) is 0. The molecule has 0 aliphatic carbocycles. The molecule has 2 heterocycles. The van der Waals surface area contributed by atoms with E-state index in [9.17, 15) is 0 Å². The molecule has 0 aliphatic heterocycles. The lowest BCUT2D eigenvalue weighted by Crippen LogP contribution is -2.01. The second-order valence-electron chi connectivity index (χ2n) is 2.03. The van der Waals surface area contributed by atoms with Crippen LogP contribution in [-0.4, -0.2) is 30.4 Å². The van der Waals surface area contributed by atoms with Gasteiger partial charge in [0, 0.05) is 12.4 Å². The highest BCUT2D eigenvalue weighted by molar-refractivity contribution is 4.83. The van der Waals surface area contributed by atoms with E-state index in [0.29, 0.717) is 12.4 Å². The number of nitrogens with zero attached hydrogens (tertiary/aromatic N) is 5. The van der Waals surface area contributed by atoms with Crippen molar-refractivity contribution >= 4 is 0 Å². The lowest BCUT2D eigenvalue weighted by atomic mass is 10.6. The van der Waals surface area contributed by atoms with Crippen LogP contribution in [0.1, 0.15) is 5.82 Å². The number of tetrazole rings is 1. The predicted molar refractivity (Wildman–Crippen MR) is 35.5 cm³/mol. The van der Waals surface area contributed by atoms with Gasteiger partial charge in [0.1, 0.15) is 6.54 Å². The normalized spacial score (nSPS) is 10.2. The molecule has 0 saturated carbocycles. The van der Waals surface area contributed by atoms with Crippen LogP contribution in [0.3, 0.4) is 0 Å². The number of nitrogens with one attached hydrogen (secondary N) is 1. The molecule has 0 aromatic carbocycles. The highest BCUT2D eigenvalue weighted by atomic mass is 15.5. The van der Waals surface area contributed by atoms with Gasteiger partial charge in [-0.25, -0.2) is 0 Å². The van der Waals surface area contributed by atoms with E-state index in [1.54, 1.807) is 10.9 Å². The highest BCUT2D eigenvalue weighted by Crippen LogP contribution is 1.89. The molecule has 2 rings (SSSR count). The Morgan fingerprint density at radius 3 is 3.18 bits per heavy atom. The predicted octanol–water partition coefficient (Wildman–Crippen LogP) is -0.556. The zero-order valence-corrected chi connectivity index (χ0v) is 5.68. The molecule has 0 amide bonds. The van der Waals surface area contributed by atoms with Crippen molar-refractivity contribution in [2.45, 2.75) is 6.54 Å². The van der Waals surface area contributed by atoms with Crippen molar-refractivity contribution in [2.24, 2.45) is 0 Å². The van der Waals surface area contributed by atoms with Gasteiger partial charge in [-0.05, 0) is 6.07 Å². The first kappa shape index (κ1) is 6.02. The van der Waals surface area contributed by atoms with Crippen LogP contribution in [0.5, 0.6) is 0 Å². The van der Waals surface area contributed by atoms with Gasteiger partial charge in [0.05, 0.1) is 0 Å². The lowest BCUT2D eigenvalue weighted by Gasteiger charge is -1.92. The van der Waals surface area contributed by atoms with Gasteiger partial charge < -0.3 is 0 Å². The van der Waals surface area contributed by atoms with Crippen molar-refractivity contribution in [1.29, 1.82) is 0 Å².